The van der Waals surface area contributed by atoms with E-state index < -0.39 is 0 Å². The highest BCUT2D eigenvalue weighted by Gasteiger charge is 2.66. The van der Waals surface area contributed by atoms with Gasteiger partial charge in [0.05, 0.1) is 6.10 Å². The van der Waals surface area contributed by atoms with Crippen LogP contribution in [0.5, 0.6) is 0 Å². The van der Waals surface area contributed by atoms with Gasteiger partial charge in [0.2, 0.25) is 0 Å². The van der Waals surface area contributed by atoms with Gasteiger partial charge in [-0.15, -0.1) is 0 Å². The lowest BCUT2D eigenvalue weighted by Crippen LogP contribution is -2.80. The first-order chi connectivity index (χ1) is 8.95. The molecule has 3 rings (SSSR count). The highest BCUT2D eigenvalue weighted by molar-refractivity contribution is 7.99. The summed E-state index contributed by atoms with van der Waals surface area (Å²) >= 11 is 2.09. The van der Waals surface area contributed by atoms with E-state index in [0.29, 0.717) is 12.0 Å². The molecule has 0 spiro atoms. The smallest absolute Gasteiger partial charge is 0.0690 e. The highest BCUT2D eigenvalue weighted by atomic mass is 32.2. The quantitative estimate of drug-likeness (QED) is 0.841. The maximum atomic E-state index is 6.88. The molecule has 0 amide bonds. The summed E-state index contributed by atoms with van der Waals surface area (Å²) in [4.78, 5) is 2.59. The van der Waals surface area contributed by atoms with E-state index in [1.165, 1.54) is 31.7 Å². The van der Waals surface area contributed by atoms with Crippen molar-refractivity contribution in [1.82, 2.24) is 4.90 Å². The van der Waals surface area contributed by atoms with E-state index in [4.69, 9.17) is 10.5 Å². The van der Waals surface area contributed by atoms with Gasteiger partial charge in [-0.1, -0.05) is 20.8 Å². The molecular formula is C15H28N2OS. The number of ether oxygens (including phenoxy) is 1. The van der Waals surface area contributed by atoms with Crippen LogP contribution in [0, 0.1) is 11.3 Å². The fourth-order valence-electron chi connectivity index (χ4n) is 4.39. The van der Waals surface area contributed by atoms with Crippen molar-refractivity contribution >= 4 is 11.8 Å². The second-order valence-electron chi connectivity index (χ2n) is 7.22. The Labute approximate surface area is 121 Å². The number of hydrogen-bond donors (Lipinski definition) is 1. The van der Waals surface area contributed by atoms with Crippen LogP contribution in [-0.4, -0.2) is 53.8 Å². The van der Waals surface area contributed by atoms with Crippen LogP contribution >= 0.6 is 11.8 Å². The van der Waals surface area contributed by atoms with Gasteiger partial charge in [-0.3, -0.25) is 4.90 Å². The molecule has 110 valence electrons. The molecule has 4 unspecified atom stereocenters. The van der Waals surface area contributed by atoms with E-state index in [2.05, 4.69) is 37.4 Å². The first-order valence-corrected chi connectivity index (χ1v) is 8.74. The largest absolute Gasteiger partial charge is 0.377 e. The zero-order valence-electron chi connectivity index (χ0n) is 12.5. The van der Waals surface area contributed by atoms with Crippen molar-refractivity contribution in [2.45, 2.75) is 50.5 Å². The number of nitrogens with two attached hydrogens (primary N) is 1. The molecule has 4 atom stereocenters. The first-order valence-electron chi connectivity index (χ1n) is 7.69. The zero-order chi connectivity index (χ0) is 13.7. The van der Waals surface area contributed by atoms with Crippen LogP contribution in [0.25, 0.3) is 0 Å². The van der Waals surface area contributed by atoms with Crippen molar-refractivity contribution in [2.75, 3.05) is 32.0 Å². The van der Waals surface area contributed by atoms with Crippen LogP contribution in [0.3, 0.4) is 0 Å². The van der Waals surface area contributed by atoms with E-state index in [0.717, 1.165) is 18.4 Å². The van der Waals surface area contributed by atoms with E-state index in [-0.39, 0.29) is 11.0 Å². The van der Waals surface area contributed by atoms with Gasteiger partial charge in [-0.2, -0.15) is 11.8 Å². The average Bonchev–Trinajstić information content (AvgIpc) is 2.38. The Balaban J connectivity index is 1.71. The van der Waals surface area contributed by atoms with Gasteiger partial charge in [-0.05, 0) is 12.8 Å². The van der Waals surface area contributed by atoms with Crippen LogP contribution in [0.4, 0.5) is 0 Å². The molecular weight excluding hydrogens is 256 g/mol. The van der Waals surface area contributed by atoms with E-state index in [1.807, 2.05) is 0 Å². The molecule has 0 aromatic heterocycles. The summed E-state index contributed by atoms with van der Waals surface area (Å²) in [6.07, 6.45) is 2.83. The Kier molecular flexibility index (Phi) is 3.66. The molecule has 4 heteroatoms. The van der Waals surface area contributed by atoms with Crippen molar-refractivity contribution in [2.24, 2.45) is 17.1 Å². The van der Waals surface area contributed by atoms with E-state index >= 15 is 0 Å². The summed E-state index contributed by atoms with van der Waals surface area (Å²) in [5.41, 5.74) is 6.94. The third-order valence-corrected chi connectivity index (χ3v) is 6.84. The summed E-state index contributed by atoms with van der Waals surface area (Å²) in [6.45, 7) is 11.3. The molecule has 0 aromatic rings. The molecule has 0 radical (unpaired) electrons. The molecule has 2 saturated heterocycles. The van der Waals surface area contributed by atoms with Crippen LogP contribution < -0.4 is 5.73 Å². The minimum absolute atomic E-state index is 0.0557. The molecule has 3 aliphatic rings. The monoisotopic (exact) mass is 284 g/mol. The molecule has 2 aliphatic heterocycles. The third kappa shape index (κ3) is 2.15. The van der Waals surface area contributed by atoms with Gasteiger partial charge in [0, 0.05) is 54.1 Å². The van der Waals surface area contributed by atoms with Gasteiger partial charge >= 0.3 is 0 Å². The summed E-state index contributed by atoms with van der Waals surface area (Å²) in [7, 11) is 0. The lowest BCUT2D eigenvalue weighted by Gasteiger charge is -2.67. The van der Waals surface area contributed by atoms with Gasteiger partial charge in [0.25, 0.3) is 0 Å². The molecule has 0 bridgehead atoms. The minimum Gasteiger partial charge on any atom is -0.377 e. The molecule has 3 nitrogen and oxygen atoms in total. The van der Waals surface area contributed by atoms with Gasteiger partial charge in [0.15, 0.2) is 0 Å². The molecule has 2 heterocycles. The van der Waals surface area contributed by atoms with Crippen LogP contribution in [0.1, 0.15) is 33.6 Å². The molecule has 1 saturated carbocycles. The number of thioether (sulfide) groups is 1. The molecule has 3 fully saturated rings. The van der Waals surface area contributed by atoms with Crippen molar-refractivity contribution in [3.05, 3.63) is 0 Å². The summed E-state index contributed by atoms with van der Waals surface area (Å²) in [6, 6.07) is 0. The molecule has 19 heavy (non-hydrogen) atoms. The molecule has 0 aromatic carbocycles. The van der Waals surface area contributed by atoms with Crippen molar-refractivity contribution in [1.29, 1.82) is 0 Å². The fourth-order valence-corrected chi connectivity index (χ4v) is 5.47. The predicted octanol–water partition coefficient (Wildman–Crippen LogP) is 1.96. The SMILES string of the molecule is CC1CN(CC2(N)C3CCCOC3C2(C)C)CCS1. The lowest BCUT2D eigenvalue weighted by molar-refractivity contribution is -0.232. The van der Waals surface area contributed by atoms with Crippen molar-refractivity contribution < 1.29 is 4.74 Å². The topological polar surface area (TPSA) is 38.5 Å². The van der Waals surface area contributed by atoms with Gasteiger partial charge < -0.3 is 10.5 Å². The molecule has 1 aliphatic carbocycles. The highest BCUT2D eigenvalue weighted by Crippen LogP contribution is 2.57. The Bertz CT molecular complexity index is 349. The number of hydrogen-bond acceptors (Lipinski definition) is 4. The van der Waals surface area contributed by atoms with Gasteiger partial charge in [-0.25, -0.2) is 0 Å². The number of fused-ring (bicyclic) bond motifs is 1. The summed E-state index contributed by atoms with van der Waals surface area (Å²) < 4.78 is 6.00. The minimum atomic E-state index is -0.0557. The zero-order valence-corrected chi connectivity index (χ0v) is 13.3. The second-order valence-corrected chi connectivity index (χ2v) is 8.77. The van der Waals surface area contributed by atoms with E-state index in [9.17, 15) is 0 Å². The fraction of sp³-hybridized carbons (Fsp3) is 1.00. The third-order valence-electron chi connectivity index (χ3n) is 5.71. The van der Waals surface area contributed by atoms with Crippen molar-refractivity contribution in [3.63, 3.8) is 0 Å². The standard InChI is InChI=1S/C15H28N2OS/c1-11-9-17(6-8-19-11)10-15(16)12-5-4-7-18-13(12)14(15,2)3/h11-13H,4-10,16H2,1-3H3. The predicted molar refractivity (Wildman–Crippen MR) is 81.5 cm³/mol. The van der Waals surface area contributed by atoms with Crippen LogP contribution in [0.15, 0.2) is 0 Å². The maximum Gasteiger partial charge on any atom is 0.0690 e. The first kappa shape index (κ1) is 14.2. The Morgan fingerprint density at radius 1 is 1.42 bits per heavy atom. The maximum absolute atomic E-state index is 6.88. The Morgan fingerprint density at radius 2 is 2.21 bits per heavy atom. The van der Waals surface area contributed by atoms with Gasteiger partial charge in [0.1, 0.15) is 0 Å². The molecule has 2 N–H and O–H groups in total. The van der Waals surface area contributed by atoms with Crippen LogP contribution in [0.2, 0.25) is 0 Å². The second kappa shape index (κ2) is 4.90. The number of nitrogens with zero attached hydrogens (tertiary/aromatic N) is 1. The summed E-state index contributed by atoms with van der Waals surface area (Å²) in [5.74, 6) is 1.82. The Hall–Kier alpha value is 0.230. The number of rotatable bonds is 2. The normalized spacial score (nSPS) is 46.4. The Morgan fingerprint density at radius 3 is 2.95 bits per heavy atom. The van der Waals surface area contributed by atoms with Crippen molar-refractivity contribution in [3.8, 4) is 0 Å². The lowest BCUT2D eigenvalue weighted by atomic mass is 9.46. The van der Waals surface area contributed by atoms with Crippen LogP contribution in [-0.2, 0) is 4.74 Å². The summed E-state index contributed by atoms with van der Waals surface area (Å²) in [5, 5.41) is 0.749. The van der Waals surface area contributed by atoms with E-state index in [1.54, 1.807) is 0 Å². The average molecular weight is 284 g/mol.